The molecule has 3 heteroatoms. The number of aryl methyl sites for hydroxylation is 2. The van der Waals surface area contributed by atoms with Crippen LogP contribution < -0.4 is 5.32 Å². The molecular weight excluding hydrogens is 250 g/mol. The van der Waals surface area contributed by atoms with E-state index in [0.717, 1.165) is 18.5 Å². The summed E-state index contributed by atoms with van der Waals surface area (Å²) >= 11 is 0. The van der Waals surface area contributed by atoms with Crippen molar-refractivity contribution in [2.75, 3.05) is 19.8 Å². The standard InChI is InChI=1S/C17H25NO2/c1-4-7-18-16-11-20-10-15(16)17(19)9-14-6-5-12(2)13(3)8-14/h5-6,8,15-16,18H,4,7,9-11H2,1-3H3. The lowest BCUT2D eigenvalue weighted by Gasteiger charge is -2.18. The first-order valence-electron chi connectivity index (χ1n) is 7.51. The number of carbonyl (C=O) groups is 1. The molecule has 0 aromatic heterocycles. The van der Waals surface area contributed by atoms with Crippen molar-refractivity contribution in [1.29, 1.82) is 0 Å². The maximum absolute atomic E-state index is 12.5. The zero-order valence-corrected chi connectivity index (χ0v) is 12.7. The van der Waals surface area contributed by atoms with Crippen molar-refractivity contribution in [3.8, 4) is 0 Å². The van der Waals surface area contributed by atoms with E-state index in [2.05, 4.69) is 44.3 Å². The monoisotopic (exact) mass is 275 g/mol. The van der Waals surface area contributed by atoms with E-state index in [1.165, 1.54) is 11.1 Å². The summed E-state index contributed by atoms with van der Waals surface area (Å²) < 4.78 is 5.49. The Labute approximate surface area is 121 Å². The lowest BCUT2D eigenvalue weighted by atomic mass is 9.92. The predicted molar refractivity (Wildman–Crippen MR) is 81.0 cm³/mol. The predicted octanol–water partition coefficient (Wildman–Crippen LogP) is 2.43. The lowest BCUT2D eigenvalue weighted by molar-refractivity contribution is -0.122. The molecule has 1 heterocycles. The van der Waals surface area contributed by atoms with Crippen LogP contribution in [0.2, 0.25) is 0 Å². The summed E-state index contributed by atoms with van der Waals surface area (Å²) in [6, 6.07) is 6.46. The van der Waals surface area contributed by atoms with E-state index in [4.69, 9.17) is 4.74 Å². The minimum atomic E-state index is 0.00293. The number of hydrogen-bond donors (Lipinski definition) is 1. The van der Waals surface area contributed by atoms with Gasteiger partial charge < -0.3 is 10.1 Å². The van der Waals surface area contributed by atoms with Crippen molar-refractivity contribution in [2.45, 2.75) is 39.7 Å². The number of ketones is 1. The molecule has 3 nitrogen and oxygen atoms in total. The first-order valence-corrected chi connectivity index (χ1v) is 7.51. The van der Waals surface area contributed by atoms with E-state index in [-0.39, 0.29) is 12.0 Å². The number of benzene rings is 1. The Morgan fingerprint density at radius 2 is 2.10 bits per heavy atom. The van der Waals surface area contributed by atoms with Gasteiger partial charge in [-0.15, -0.1) is 0 Å². The molecule has 2 unspecified atom stereocenters. The molecule has 1 aromatic rings. The number of ether oxygens (including phenoxy) is 1. The van der Waals surface area contributed by atoms with Crippen LogP contribution in [0.15, 0.2) is 18.2 Å². The van der Waals surface area contributed by atoms with Crippen LogP contribution in [0.25, 0.3) is 0 Å². The second-order valence-corrected chi connectivity index (χ2v) is 5.77. The van der Waals surface area contributed by atoms with Gasteiger partial charge in [-0.2, -0.15) is 0 Å². The van der Waals surface area contributed by atoms with Gasteiger partial charge in [-0.05, 0) is 43.5 Å². The number of hydrogen-bond acceptors (Lipinski definition) is 3. The molecule has 2 atom stereocenters. The molecule has 20 heavy (non-hydrogen) atoms. The summed E-state index contributed by atoms with van der Waals surface area (Å²) in [5.41, 5.74) is 3.63. The third-order valence-corrected chi connectivity index (χ3v) is 4.10. The smallest absolute Gasteiger partial charge is 0.144 e. The lowest BCUT2D eigenvalue weighted by Crippen LogP contribution is -2.40. The number of rotatable bonds is 6. The Kier molecular flexibility index (Phi) is 5.32. The van der Waals surface area contributed by atoms with E-state index in [1.807, 2.05) is 0 Å². The maximum Gasteiger partial charge on any atom is 0.144 e. The van der Waals surface area contributed by atoms with Crippen LogP contribution in [0.1, 0.15) is 30.0 Å². The second-order valence-electron chi connectivity index (χ2n) is 5.77. The molecule has 2 rings (SSSR count). The molecule has 1 saturated heterocycles. The number of Topliss-reactive ketones (excluding diaryl/α,β-unsaturated/α-hetero) is 1. The van der Waals surface area contributed by atoms with Crippen LogP contribution in [0, 0.1) is 19.8 Å². The van der Waals surface area contributed by atoms with Crippen molar-refractivity contribution in [3.63, 3.8) is 0 Å². The van der Waals surface area contributed by atoms with E-state index in [1.54, 1.807) is 0 Å². The summed E-state index contributed by atoms with van der Waals surface area (Å²) in [5.74, 6) is 0.294. The van der Waals surface area contributed by atoms with Gasteiger partial charge in [-0.3, -0.25) is 4.79 Å². The average molecular weight is 275 g/mol. The molecule has 1 aliphatic heterocycles. The van der Waals surface area contributed by atoms with Gasteiger partial charge >= 0.3 is 0 Å². The van der Waals surface area contributed by atoms with E-state index >= 15 is 0 Å². The van der Waals surface area contributed by atoms with Crippen LogP contribution in [0.4, 0.5) is 0 Å². The average Bonchev–Trinajstić information content (AvgIpc) is 2.89. The molecule has 0 bridgehead atoms. The van der Waals surface area contributed by atoms with Gasteiger partial charge in [-0.25, -0.2) is 0 Å². The molecule has 1 aliphatic rings. The Balaban J connectivity index is 1.98. The second kappa shape index (κ2) is 7.00. The number of nitrogens with one attached hydrogen (secondary N) is 1. The van der Waals surface area contributed by atoms with Gasteiger partial charge in [0.25, 0.3) is 0 Å². The summed E-state index contributed by atoms with van der Waals surface area (Å²) in [7, 11) is 0. The van der Waals surface area contributed by atoms with Crippen LogP contribution in [0.5, 0.6) is 0 Å². The molecule has 1 N–H and O–H groups in total. The van der Waals surface area contributed by atoms with Gasteiger partial charge in [0, 0.05) is 12.5 Å². The molecule has 0 radical (unpaired) electrons. The van der Waals surface area contributed by atoms with Gasteiger partial charge in [-0.1, -0.05) is 25.1 Å². The number of carbonyl (C=O) groups excluding carboxylic acids is 1. The van der Waals surface area contributed by atoms with Gasteiger partial charge in [0.05, 0.1) is 19.1 Å². The fourth-order valence-electron chi connectivity index (χ4n) is 2.65. The highest BCUT2D eigenvalue weighted by Crippen LogP contribution is 2.18. The first kappa shape index (κ1) is 15.2. The summed E-state index contributed by atoms with van der Waals surface area (Å²) in [6.45, 7) is 8.48. The Morgan fingerprint density at radius 1 is 1.30 bits per heavy atom. The van der Waals surface area contributed by atoms with Crippen molar-refractivity contribution in [1.82, 2.24) is 5.32 Å². The molecular formula is C17H25NO2. The fourth-order valence-corrected chi connectivity index (χ4v) is 2.65. The summed E-state index contributed by atoms with van der Waals surface area (Å²) in [6.07, 6.45) is 1.59. The van der Waals surface area contributed by atoms with Crippen molar-refractivity contribution >= 4 is 5.78 Å². The van der Waals surface area contributed by atoms with Crippen LogP contribution in [-0.4, -0.2) is 31.6 Å². The van der Waals surface area contributed by atoms with Crippen LogP contribution in [-0.2, 0) is 16.0 Å². The van der Waals surface area contributed by atoms with Crippen molar-refractivity contribution in [2.24, 2.45) is 5.92 Å². The van der Waals surface area contributed by atoms with E-state index < -0.39 is 0 Å². The topological polar surface area (TPSA) is 38.3 Å². The molecule has 0 amide bonds. The normalized spacial score (nSPS) is 22.1. The molecule has 0 saturated carbocycles. The molecule has 0 aliphatic carbocycles. The largest absolute Gasteiger partial charge is 0.379 e. The summed E-state index contributed by atoms with van der Waals surface area (Å²) in [4.78, 5) is 12.5. The van der Waals surface area contributed by atoms with Crippen molar-refractivity contribution < 1.29 is 9.53 Å². The molecule has 0 spiro atoms. The van der Waals surface area contributed by atoms with Gasteiger partial charge in [0.2, 0.25) is 0 Å². The highest BCUT2D eigenvalue weighted by atomic mass is 16.5. The van der Waals surface area contributed by atoms with Crippen LogP contribution in [0.3, 0.4) is 0 Å². The maximum atomic E-state index is 12.5. The SMILES string of the molecule is CCCNC1COCC1C(=O)Cc1ccc(C)c(C)c1. The Morgan fingerprint density at radius 3 is 2.80 bits per heavy atom. The summed E-state index contributed by atoms with van der Waals surface area (Å²) in [5, 5.41) is 3.42. The molecule has 1 fully saturated rings. The zero-order chi connectivity index (χ0) is 14.5. The van der Waals surface area contributed by atoms with E-state index in [9.17, 15) is 4.79 Å². The quantitative estimate of drug-likeness (QED) is 0.866. The minimum absolute atomic E-state index is 0.00293. The van der Waals surface area contributed by atoms with Gasteiger partial charge in [0.15, 0.2) is 0 Å². The molecule has 110 valence electrons. The van der Waals surface area contributed by atoms with Gasteiger partial charge in [0.1, 0.15) is 5.78 Å². The third-order valence-electron chi connectivity index (χ3n) is 4.10. The van der Waals surface area contributed by atoms with Crippen molar-refractivity contribution in [3.05, 3.63) is 34.9 Å². The van der Waals surface area contributed by atoms with Crippen LogP contribution >= 0.6 is 0 Å². The fraction of sp³-hybridized carbons (Fsp3) is 0.588. The Hall–Kier alpha value is -1.19. The third kappa shape index (κ3) is 3.68. The highest BCUT2D eigenvalue weighted by Gasteiger charge is 2.33. The first-order chi connectivity index (χ1) is 9.61. The molecule has 1 aromatic carbocycles. The zero-order valence-electron chi connectivity index (χ0n) is 12.7. The van der Waals surface area contributed by atoms with E-state index in [0.29, 0.717) is 25.4 Å². The highest BCUT2D eigenvalue weighted by molar-refractivity contribution is 5.84. The minimum Gasteiger partial charge on any atom is -0.379 e. The Bertz CT molecular complexity index is 470.